The van der Waals surface area contributed by atoms with Crippen LogP contribution >= 0.6 is 0 Å². The maximum Gasteiger partial charge on any atom is 0.137 e. The van der Waals surface area contributed by atoms with Crippen molar-refractivity contribution in [1.82, 2.24) is 14.9 Å². The van der Waals surface area contributed by atoms with Crippen molar-refractivity contribution in [1.29, 1.82) is 0 Å². The number of aromatic amines is 1. The van der Waals surface area contributed by atoms with E-state index in [0.717, 1.165) is 42.5 Å². The molecular weight excluding hydrogens is 274 g/mol. The van der Waals surface area contributed by atoms with Crippen molar-refractivity contribution in [3.05, 3.63) is 41.7 Å². The van der Waals surface area contributed by atoms with Gasteiger partial charge in [-0.05, 0) is 33.2 Å². The molecule has 118 valence electrons. The van der Waals surface area contributed by atoms with Crippen LogP contribution in [0.1, 0.15) is 30.7 Å². The molecule has 2 aromatic rings. The molecule has 0 amide bonds. The molecule has 0 bridgehead atoms. The van der Waals surface area contributed by atoms with Crippen LogP contribution in [0.2, 0.25) is 0 Å². The van der Waals surface area contributed by atoms with E-state index in [9.17, 15) is 0 Å². The molecular formula is C18H25N3O. The van der Waals surface area contributed by atoms with Gasteiger partial charge in [0.05, 0.1) is 11.8 Å². The van der Waals surface area contributed by atoms with Crippen LogP contribution in [0.5, 0.6) is 0 Å². The van der Waals surface area contributed by atoms with Gasteiger partial charge in [-0.1, -0.05) is 30.3 Å². The van der Waals surface area contributed by atoms with E-state index < -0.39 is 0 Å². The molecule has 1 atom stereocenters. The van der Waals surface area contributed by atoms with Gasteiger partial charge in [-0.15, -0.1) is 0 Å². The maximum atomic E-state index is 5.82. The van der Waals surface area contributed by atoms with E-state index in [4.69, 9.17) is 9.72 Å². The third-order valence-corrected chi connectivity index (χ3v) is 4.24. The zero-order valence-corrected chi connectivity index (χ0v) is 13.5. The average Bonchev–Trinajstić information content (AvgIpc) is 2.90. The van der Waals surface area contributed by atoms with Crippen LogP contribution in [0.25, 0.3) is 11.4 Å². The van der Waals surface area contributed by atoms with Gasteiger partial charge in [0.15, 0.2) is 0 Å². The highest BCUT2D eigenvalue weighted by Gasteiger charge is 2.17. The first-order valence-electron chi connectivity index (χ1n) is 8.13. The third-order valence-electron chi connectivity index (χ3n) is 4.24. The lowest BCUT2D eigenvalue weighted by molar-refractivity contribution is -0.00275. The molecule has 1 fully saturated rings. The molecule has 1 saturated heterocycles. The summed E-state index contributed by atoms with van der Waals surface area (Å²) in [5.41, 5.74) is 3.41. The van der Waals surface area contributed by atoms with Crippen molar-refractivity contribution in [2.75, 3.05) is 20.2 Å². The zero-order chi connectivity index (χ0) is 15.4. The Bertz CT molecular complexity index is 588. The largest absolute Gasteiger partial charge is 0.377 e. The van der Waals surface area contributed by atoms with Crippen LogP contribution < -0.4 is 0 Å². The Labute approximate surface area is 132 Å². The fourth-order valence-electron chi connectivity index (χ4n) is 3.00. The van der Waals surface area contributed by atoms with Gasteiger partial charge in [-0.25, -0.2) is 4.98 Å². The minimum Gasteiger partial charge on any atom is -0.377 e. The summed E-state index contributed by atoms with van der Waals surface area (Å²) in [6, 6.07) is 10.3. The van der Waals surface area contributed by atoms with Crippen LogP contribution in [0.3, 0.4) is 0 Å². The number of hydrogen-bond acceptors (Lipinski definition) is 3. The summed E-state index contributed by atoms with van der Waals surface area (Å²) in [6.07, 6.45) is 4.06. The van der Waals surface area contributed by atoms with E-state index in [-0.39, 0.29) is 0 Å². The van der Waals surface area contributed by atoms with Crippen molar-refractivity contribution in [2.45, 2.75) is 38.8 Å². The zero-order valence-electron chi connectivity index (χ0n) is 13.5. The number of hydrogen-bond donors (Lipinski definition) is 1. The Morgan fingerprint density at radius 2 is 2.09 bits per heavy atom. The van der Waals surface area contributed by atoms with Gasteiger partial charge in [-0.2, -0.15) is 0 Å². The molecule has 0 radical (unpaired) electrons. The van der Waals surface area contributed by atoms with Gasteiger partial charge in [0.25, 0.3) is 0 Å². The van der Waals surface area contributed by atoms with Crippen molar-refractivity contribution in [2.24, 2.45) is 0 Å². The molecule has 1 aromatic heterocycles. The van der Waals surface area contributed by atoms with E-state index in [1.165, 1.54) is 19.3 Å². The summed E-state index contributed by atoms with van der Waals surface area (Å²) in [7, 11) is 2.15. The fraction of sp³-hybridized carbons (Fsp3) is 0.500. The molecule has 4 nitrogen and oxygen atoms in total. The Morgan fingerprint density at radius 1 is 1.27 bits per heavy atom. The second kappa shape index (κ2) is 7.07. The number of likely N-dealkylation sites (N-methyl/N-ethyl adjacent to an activating group) is 1. The Morgan fingerprint density at radius 3 is 2.82 bits per heavy atom. The summed E-state index contributed by atoms with van der Waals surface area (Å²) >= 11 is 0. The van der Waals surface area contributed by atoms with Crippen LogP contribution in [0.4, 0.5) is 0 Å². The lowest BCUT2D eigenvalue weighted by Gasteiger charge is -2.27. The number of ether oxygens (including phenoxy) is 1. The molecule has 1 N–H and O–H groups in total. The van der Waals surface area contributed by atoms with E-state index in [0.29, 0.717) is 6.10 Å². The van der Waals surface area contributed by atoms with Crippen molar-refractivity contribution >= 4 is 0 Å². The first-order valence-corrected chi connectivity index (χ1v) is 8.13. The Kier molecular flexibility index (Phi) is 4.90. The third kappa shape index (κ3) is 3.76. The first-order chi connectivity index (χ1) is 10.7. The molecule has 1 aliphatic heterocycles. The number of nitrogens with zero attached hydrogens (tertiary/aromatic N) is 2. The SMILES string of the molecule is Cc1[nH]c(-c2ccccc2)nc1CN(C)CC1CCCCO1. The van der Waals surface area contributed by atoms with E-state index in [1.807, 2.05) is 18.2 Å². The lowest BCUT2D eigenvalue weighted by atomic mass is 10.1. The van der Waals surface area contributed by atoms with Crippen molar-refractivity contribution in [3.63, 3.8) is 0 Å². The van der Waals surface area contributed by atoms with E-state index in [1.54, 1.807) is 0 Å². The summed E-state index contributed by atoms with van der Waals surface area (Å²) < 4.78 is 5.82. The predicted octanol–water partition coefficient (Wildman–Crippen LogP) is 3.39. The highest BCUT2D eigenvalue weighted by atomic mass is 16.5. The molecule has 22 heavy (non-hydrogen) atoms. The summed E-state index contributed by atoms with van der Waals surface area (Å²) in [5, 5.41) is 0. The molecule has 0 saturated carbocycles. The monoisotopic (exact) mass is 299 g/mol. The van der Waals surface area contributed by atoms with Crippen molar-refractivity contribution < 1.29 is 4.74 Å². The standard InChI is InChI=1S/C18H25N3O/c1-14-17(13-21(2)12-16-10-6-7-11-22-16)20-18(19-14)15-8-4-3-5-9-15/h3-5,8-9,16H,6-7,10-13H2,1-2H3,(H,19,20). The quantitative estimate of drug-likeness (QED) is 0.920. The van der Waals surface area contributed by atoms with Crippen LogP contribution in [0.15, 0.2) is 30.3 Å². The number of benzene rings is 1. The van der Waals surface area contributed by atoms with Gasteiger partial charge < -0.3 is 9.72 Å². The van der Waals surface area contributed by atoms with Crippen LogP contribution in [-0.2, 0) is 11.3 Å². The van der Waals surface area contributed by atoms with Gasteiger partial charge in [0.2, 0.25) is 0 Å². The number of imidazole rings is 1. The molecule has 1 aliphatic rings. The van der Waals surface area contributed by atoms with Gasteiger partial charge in [-0.3, -0.25) is 4.90 Å². The second-order valence-corrected chi connectivity index (χ2v) is 6.21. The molecule has 4 heteroatoms. The smallest absolute Gasteiger partial charge is 0.137 e. The summed E-state index contributed by atoms with van der Waals surface area (Å²) in [4.78, 5) is 10.5. The van der Waals surface area contributed by atoms with Gasteiger partial charge in [0.1, 0.15) is 5.82 Å². The Hall–Kier alpha value is -1.65. The van der Waals surface area contributed by atoms with Crippen molar-refractivity contribution in [3.8, 4) is 11.4 Å². The van der Waals surface area contributed by atoms with E-state index in [2.05, 4.69) is 36.0 Å². The van der Waals surface area contributed by atoms with Crippen LogP contribution in [0, 0.1) is 6.92 Å². The fourth-order valence-corrected chi connectivity index (χ4v) is 3.00. The Balaban J connectivity index is 1.63. The normalized spacial score (nSPS) is 18.8. The van der Waals surface area contributed by atoms with Gasteiger partial charge in [0, 0.05) is 31.0 Å². The second-order valence-electron chi connectivity index (χ2n) is 6.21. The lowest BCUT2D eigenvalue weighted by Crippen LogP contribution is -2.33. The molecule has 2 heterocycles. The first kappa shape index (κ1) is 15.3. The molecule has 0 spiro atoms. The number of nitrogens with one attached hydrogen (secondary N) is 1. The molecule has 0 aliphatic carbocycles. The predicted molar refractivity (Wildman–Crippen MR) is 88.7 cm³/mol. The highest BCUT2D eigenvalue weighted by Crippen LogP contribution is 2.19. The minimum atomic E-state index is 0.381. The molecule has 1 aromatic carbocycles. The number of H-pyrrole nitrogens is 1. The number of aromatic nitrogens is 2. The van der Waals surface area contributed by atoms with E-state index >= 15 is 0 Å². The number of rotatable bonds is 5. The summed E-state index contributed by atoms with van der Waals surface area (Å²) in [5.74, 6) is 0.954. The highest BCUT2D eigenvalue weighted by molar-refractivity contribution is 5.55. The summed E-state index contributed by atoms with van der Waals surface area (Å²) in [6.45, 7) is 4.85. The van der Waals surface area contributed by atoms with Gasteiger partial charge >= 0.3 is 0 Å². The molecule has 3 rings (SSSR count). The maximum absolute atomic E-state index is 5.82. The van der Waals surface area contributed by atoms with Crippen LogP contribution in [-0.4, -0.2) is 41.2 Å². The topological polar surface area (TPSA) is 41.2 Å². The average molecular weight is 299 g/mol. The molecule has 1 unspecified atom stereocenters. The minimum absolute atomic E-state index is 0.381. The number of aryl methyl sites for hydroxylation is 1.